The molecule has 1 aromatic heterocycles. The monoisotopic (exact) mass is 334 g/mol. The molecule has 1 saturated heterocycles. The highest BCUT2D eigenvalue weighted by atomic mass is 35.5. The van der Waals surface area contributed by atoms with Crippen LogP contribution in [0.3, 0.4) is 0 Å². The zero-order chi connectivity index (χ0) is 16.1. The second-order valence-corrected chi connectivity index (χ2v) is 6.55. The Bertz CT molecular complexity index is 600. The number of ether oxygens (including phenoxy) is 2. The largest absolute Gasteiger partial charge is 0.345 e. The van der Waals surface area contributed by atoms with Gasteiger partial charge in [0.2, 0.25) is 0 Å². The molecule has 1 fully saturated rings. The number of rotatable bonds is 7. The van der Waals surface area contributed by atoms with Crippen LogP contribution in [0.1, 0.15) is 31.7 Å². The fourth-order valence-electron chi connectivity index (χ4n) is 3.02. The predicted molar refractivity (Wildman–Crippen MR) is 90.5 cm³/mol. The molecular weight excluding hydrogens is 312 g/mol. The van der Waals surface area contributed by atoms with E-state index in [1.807, 2.05) is 29.2 Å². The molecule has 5 heteroatoms. The van der Waals surface area contributed by atoms with Gasteiger partial charge in [-0.05, 0) is 30.5 Å². The quantitative estimate of drug-likeness (QED) is 0.765. The normalized spacial score (nSPS) is 24.2. The van der Waals surface area contributed by atoms with Gasteiger partial charge in [-0.15, -0.1) is 0 Å². The summed E-state index contributed by atoms with van der Waals surface area (Å²) in [5, 5.41) is 0.762. The number of hydrogen-bond donors (Lipinski definition) is 0. The van der Waals surface area contributed by atoms with Gasteiger partial charge in [-0.1, -0.05) is 37.1 Å². The summed E-state index contributed by atoms with van der Waals surface area (Å²) in [5.74, 6) is -0.569. The molecule has 0 amide bonds. The minimum absolute atomic E-state index is 0.189. The molecule has 2 aromatic rings. The first-order valence-corrected chi connectivity index (χ1v) is 8.59. The van der Waals surface area contributed by atoms with Crippen LogP contribution in [0.15, 0.2) is 43.0 Å². The third-order valence-electron chi connectivity index (χ3n) is 4.21. The van der Waals surface area contributed by atoms with E-state index in [0.717, 1.165) is 30.7 Å². The fraction of sp³-hybridized carbons (Fsp3) is 0.500. The van der Waals surface area contributed by atoms with E-state index in [1.165, 1.54) is 5.56 Å². The number of aromatic nitrogens is 2. The Kier molecular flexibility index (Phi) is 5.36. The van der Waals surface area contributed by atoms with Gasteiger partial charge in [0.15, 0.2) is 5.79 Å². The molecule has 0 saturated carbocycles. The van der Waals surface area contributed by atoms with Crippen molar-refractivity contribution in [2.75, 3.05) is 6.61 Å². The molecule has 2 unspecified atom stereocenters. The van der Waals surface area contributed by atoms with Crippen molar-refractivity contribution in [3.8, 4) is 0 Å². The second kappa shape index (κ2) is 7.47. The van der Waals surface area contributed by atoms with E-state index in [1.54, 1.807) is 6.20 Å². The van der Waals surface area contributed by atoms with Crippen LogP contribution in [0, 0.1) is 0 Å². The molecule has 2 heterocycles. The first-order chi connectivity index (χ1) is 11.2. The van der Waals surface area contributed by atoms with Gasteiger partial charge in [-0.25, -0.2) is 4.98 Å². The van der Waals surface area contributed by atoms with Gasteiger partial charge >= 0.3 is 0 Å². The number of nitrogens with zero attached hydrogens (tertiary/aromatic N) is 2. The maximum absolute atomic E-state index is 6.31. The Labute approximate surface area is 142 Å². The van der Waals surface area contributed by atoms with Gasteiger partial charge in [0, 0.05) is 23.8 Å². The van der Waals surface area contributed by atoms with E-state index in [4.69, 9.17) is 21.1 Å². The summed E-state index contributed by atoms with van der Waals surface area (Å²) in [4.78, 5) is 4.12. The molecule has 0 aliphatic carbocycles. The Morgan fingerprint density at radius 2 is 2.17 bits per heavy atom. The lowest BCUT2D eigenvalue weighted by atomic mass is 10.0. The lowest BCUT2D eigenvalue weighted by Crippen LogP contribution is -2.36. The molecule has 0 bridgehead atoms. The first kappa shape index (κ1) is 16.5. The molecule has 23 heavy (non-hydrogen) atoms. The Hall–Kier alpha value is -1.36. The summed E-state index contributed by atoms with van der Waals surface area (Å²) in [5.41, 5.74) is 1.24. The van der Waals surface area contributed by atoms with Crippen molar-refractivity contribution in [1.29, 1.82) is 0 Å². The predicted octanol–water partition coefficient (Wildman–Crippen LogP) is 4.08. The first-order valence-electron chi connectivity index (χ1n) is 8.21. The number of imidazole rings is 1. The van der Waals surface area contributed by atoms with Gasteiger partial charge < -0.3 is 14.0 Å². The summed E-state index contributed by atoms with van der Waals surface area (Å²) >= 11 is 5.96. The molecule has 0 radical (unpaired) electrons. The number of aryl methyl sites for hydroxylation is 1. The Balaban J connectivity index is 1.69. The molecular formula is C18H23ClN2O2. The maximum Gasteiger partial charge on any atom is 0.187 e. The highest BCUT2D eigenvalue weighted by Gasteiger charge is 2.41. The van der Waals surface area contributed by atoms with Crippen molar-refractivity contribution in [3.05, 3.63) is 53.6 Å². The minimum Gasteiger partial charge on any atom is -0.345 e. The van der Waals surface area contributed by atoms with E-state index in [0.29, 0.717) is 13.2 Å². The zero-order valence-electron chi connectivity index (χ0n) is 13.5. The van der Waals surface area contributed by atoms with Crippen molar-refractivity contribution in [3.63, 3.8) is 0 Å². The standard InChI is InChI=1S/C18H23ClN2O2/c1-2-3-17-12-22-18(23-17,13-21-11-10-20-14-21)9-8-15-4-6-16(19)7-5-15/h4-7,10-11,14,17H,2-3,8-9,12-13H2,1H3. The van der Waals surface area contributed by atoms with Crippen LogP contribution < -0.4 is 0 Å². The molecule has 1 aromatic carbocycles. The molecule has 0 spiro atoms. The van der Waals surface area contributed by atoms with Crippen LogP contribution in [0.2, 0.25) is 5.02 Å². The maximum atomic E-state index is 6.31. The van der Waals surface area contributed by atoms with Crippen LogP contribution in [0.25, 0.3) is 0 Å². The van der Waals surface area contributed by atoms with Gasteiger partial charge in [0.05, 0.1) is 25.6 Å². The van der Waals surface area contributed by atoms with Gasteiger partial charge in [-0.2, -0.15) is 0 Å². The molecule has 1 aliphatic heterocycles. The smallest absolute Gasteiger partial charge is 0.187 e. The lowest BCUT2D eigenvalue weighted by Gasteiger charge is -2.28. The third-order valence-corrected chi connectivity index (χ3v) is 4.47. The SMILES string of the molecule is CCCC1COC(CCc2ccc(Cl)cc2)(Cn2ccnc2)O1. The highest BCUT2D eigenvalue weighted by Crippen LogP contribution is 2.32. The fourth-order valence-corrected chi connectivity index (χ4v) is 3.14. The summed E-state index contributed by atoms with van der Waals surface area (Å²) < 4.78 is 14.5. The lowest BCUT2D eigenvalue weighted by molar-refractivity contribution is -0.182. The number of hydrogen-bond acceptors (Lipinski definition) is 3. The van der Waals surface area contributed by atoms with E-state index >= 15 is 0 Å². The molecule has 0 N–H and O–H groups in total. The Morgan fingerprint density at radius 3 is 2.87 bits per heavy atom. The average molecular weight is 335 g/mol. The van der Waals surface area contributed by atoms with E-state index in [9.17, 15) is 0 Å². The number of halogens is 1. The molecule has 4 nitrogen and oxygen atoms in total. The third kappa shape index (κ3) is 4.34. The van der Waals surface area contributed by atoms with Crippen LogP contribution >= 0.6 is 11.6 Å². The topological polar surface area (TPSA) is 36.3 Å². The molecule has 2 atom stereocenters. The van der Waals surface area contributed by atoms with Crippen LogP contribution in [-0.4, -0.2) is 28.0 Å². The summed E-state index contributed by atoms with van der Waals surface area (Å²) in [6.07, 6.45) is 9.57. The van der Waals surface area contributed by atoms with Gasteiger partial charge in [0.25, 0.3) is 0 Å². The van der Waals surface area contributed by atoms with E-state index < -0.39 is 5.79 Å². The van der Waals surface area contributed by atoms with Crippen molar-refractivity contribution in [2.45, 2.75) is 51.0 Å². The van der Waals surface area contributed by atoms with E-state index in [-0.39, 0.29) is 6.10 Å². The molecule has 3 rings (SSSR count). The second-order valence-electron chi connectivity index (χ2n) is 6.11. The number of benzene rings is 1. The summed E-state index contributed by atoms with van der Waals surface area (Å²) in [6, 6.07) is 7.98. The van der Waals surface area contributed by atoms with Gasteiger partial charge in [0.1, 0.15) is 0 Å². The average Bonchev–Trinajstić information content (AvgIpc) is 3.18. The summed E-state index contributed by atoms with van der Waals surface area (Å²) in [7, 11) is 0. The van der Waals surface area contributed by atoms with Crippen molar-refractivity contribution < 1.29 is 9.47 Å². The molecule has 1 aliphatic rings. The van der Waals surface area contributed by atoms with E-state index in [2.05, 4.69) is 24.0 Å². The Morgan fingerprint density at radius 1 is 1.35 bits per heavy atom. The van der Waals surface area contributed by atoms with Crippen LogP contribution in [0.4, 0.5) is 0 Å². The van der Waals surface area contributed by atoms with Crippen molar-refractivity contribution in [2.24, 2.45) is 0 Å². The van der Waals surface area contributed by atoms with Crippen molar-refractivity contribution >= 4 is 11.6 Å². The zero-order valence-corrected chi connectivity index (χ0v) is 14.2. The highest BCUT2D eigenvalue weighted by molar-refractivity contribution is 6.30. The molecule has 124 valence electrons. The summed E-state index contributed by atoms with van der Waals surface area (Å²) in [6.45, 7) is 3.51. The van der Waals surface area contributed by atoms with Crippen LogP contribution in [-0.2, 0) is 22.4 Å². The van der Waals surface area contributed by atoms with Crippen molar-refractivity contribution in [1.82, 2.24) is 9.55 Å². The minimum atomic E-state index is -0.569. The van der Waals surface area contributed by atoms with Gasteiger partial charge in [-0.3, -0.25) is 0 Å². The van der Waals surface area contributed by atoms with Crippen LogP contribution in [0.5, 0.6) is 0 Å².